The highest BCUT2D eigenvalue weighted by Crippen LogP contribution is 2.32. The molecule has 2 aliphatic heterocycles. The Kier molecular flexibility index (Phi) is 5.83. The zero-order valence-corrected chi connectivity index (χ0v) is 18.0. The van der Waals surface area contributed by atoms with Gasteiger partial charge in [0.1, 0.15) is 19.0 Å². The number of aromatic nitrogens is 2. The van der Waals surface area contributed by atoms with Crippen molar-refractivity contribution in [2.24, 2.45) is 0 Å². The molecular weight excluding hydrogens is 424 g/mol. The van der Waals surface area contributed by atoms with Gasteiger partial charge < -0.3 is 19.3 Å². The largest absolute Gasteiger partial charge is 0.489 e. The Morgan fingerprint density at radius 3 is 2.76 bits per heavy atom. The molecule has 0 spiro atoms. The van der Waals surface area contributed by atoms with E-state index in [1.807, 2.05) is 24.3 Å². The number of hydrogen-bond acceptors (Lipinski definition) is 6. The van der Waals surface area contributed by atoms with E-state index < -0.39 is 5.97 Å². The van der Waals surface area contributed by atoms with Crippen LogP contribution < -0.4 is 15.2 Å². The van der Waals surface area contributed by atoms with Crippen molar-refractivity contribution < 1.29 is 24.1 Å². The van der Waals surface area contributed by atoms with E-state index in [0.29, 0.717) is 32.1 Å². The van der Waals surface area contributed by atoms with Crippen LogP contribution in [0.25, 0.3) is 11.3 Å². The lowest BCUT2D eigenvalue weighted by atomic mass is 9.97. The second-order valence-corrected chi connectivity index (χ2v) is 8.22. The van der Waals surface area contributed by atoms with Crippen LogP contribution in [-0.4, -0.2) is 39.9 Å². The molecule has 33 heavy (non-hydrogen) atoms. The van der Waals surface area contributed by atoms with Gasteiger partial charge in [0.25, 0.3) is 0 Å². The number of benzene rings is 2. The number of carbonyl (C=O) groups is 1. The fourth-order valence-corrected chi connectivity index (χ4v) is 4.21. The Bertz CT molecular complexity index is 1230. The van der Waals surface area contributed by atoms with Crippen molar-refractivity contribution >= 4 is 5.97 Å². The molecule has 2 aromatic carbocycles. The van der Waals surface area contributed by atoms with Crippen molar-refractivity contribution in [3.8, 4) is 22.9 Å². The molecular formula is C25H24N2O6. The summed E-state index contributed by atoms with van der Waals surface area (Å²) >= 11 is 0. The van der Waals surface area contributed by atoms with Crippen molar-refractivity contribution in [1.29, 1.82) is 0 Å². The molecule has 1 unspecified atom stereocenters. The van der Waals surface area contributed by atoms with Crippen molar-refractivity contribution in [3.63, 3.8) is 0 Å². The standard InChI is InChI=1S/C25H24N2O6/c28-24(29)17-5-3-16(4-6-17)14-32-19-7-8-21-18(12-19)9-10-27-22(21)13-23(26-25(27)30)33-15-20-2-1-11-31-20/h3-8,12-13,20H,1-2,9-11,14-15H2,(H,28,29). The third-order valence-corrected chi connectivity index (χ3v) is 5.99. The monoisotopic (exact) mass is 448 g/mol. The maximum absolute atomic E-state index is 12.6. The van der Waals surface area contributed by atoms with Crippen LogP contribution in [0, 0.1) is 0 Å². The summed E-state index contributed by atoms with van der Waals surface area (Å²) in [5.41, 5.74) is 3.65. The second-order valence-electron chi connectivity index (χ2n) is 8.22. The molecule has 1 N–H and O–H groups in total. The van der Waals surface area contributed by atoms with Gasteiger partial charge in [-0.05, 0) is 60.7 Å². The van der Waals surface area contributed by atoms with E-state index in [2.05, 4.69) is 4.98 Å². The normalized spacial score (nSPS) is 16.7. The molecule has 5 rings (SSSR count). The quantitative estimate of drug-likeness (QED) is 0.592. The molecule has 2 aliphatic rings. The van der Waals surface area contributed by atoms with Crippen LogP contribution in [0.4, 0.5) is 0 Å². The first-order valence-corrected chi connectivity index (χ1v) is 11.0. The highest BCUT2D eigenvalue weighted by atomic mass is 16.5. The zero-order chi connectivity index (χ0) is 22.8. The Balaban J connectivity index is 1.32. The Hall–Kier alpha value is -3.65. The Labute approximate surface area is 190 Å². The van der Waals surface area contributed by atoms with E-state index >= 15 is 0 Å². The topological polar surface area (TPSA) is 99.9 Å². The second kappa shape index (κ2) is 9.07. The minimum absolute atomic E-state index is 0.0536. The van der Waals surface area contributed by atoms with E-state index in [1.165, 1.54) is 0 Å². The van der Waals surface area contributed by atoms with Gasteiger partial charge in [-0.15, -0.1) is 0 Å². The smallest absolute Gasteiger partial charge is 0.351 e. The van der Waals surface area contributed by atoms with Gasteiger partial charge in [-0.25, -0.2) is 9.59 Å². The number of aryl methyl sites for hydroxylation is 1. The molecule has 0 amide bonds. The average Bonchev–Trinajstić information content (AvgIpc) is 3.35. The fraction of sp³-hybridized carbons (Fsp3) is 0.320. The highest BCUT2D eigenvalue weighted by Gasteiger charge is 2.21. The minimum Gasteiger partial charge on any atom is -0.489 e. The molecule has 1 saturated heterocycles. The first-order chi connectivity index (χ1) is 16.1. The van der Waals surface area contributed by atoms with Crippen LogP contribution in [-0.2, 0) is 24.3 Å². The maximum Gasteiger partial charge on any atom is 0.351 e. The number of ether oxygens (including phenoxy) is 3. The van der Waals surface area contributed by atoms with Gasteiger partial charge in [0, 0.05) is 24.8 Å². The van der Waals surface area contributed by atoms with Gasteiger partial charge >= 0.3 is 11.7 Å². The van der Waals surface area contributed by atoms with Gasteiger partial charge in [0.2, 0.25) is 5.88 Å². The lowest BCUT2D eigenvalue weighted by Crippen LogP contribution is -2.29. The molecule has 0 saturated carbocycles. The first-order valence-electron chi connectivity index (χ1n) is 11.0. The van der Waals surface area contributed by atoms with Crippen LogP contribution in [0.15, 0.2) is 53.3 Å². The third kappa shape index (κ3) is 4.61. The van der Waals surface area contributed by atoms with E-state index in [-0.39, 0.29) is 17.4 Å². The van der Waals surface area contributed by atoms with Crippen LogP contribution >= 0.6 is 0 Å². The van der Waals surface area contributed by atoms with E-state index in [1.54, 1.807) is 28.8 Å². The molecule has 3 aromatic rings. The fourth-order valence-electron chi connectivity index (χ4n) is 4.21. The van der Waals surface area contributed by atoms with Crippen LogP contribution in [0.2, 0.25) is 0 Å². The Morgan fingerprint density at radius 2 is 2.00 bits per heavy atom. The minimum atomic E-state index is -0.952. The van der Waals surface area contributed by atoms with Gasteiger partial charge in [-0.1, -0.05) is 12.1 Å². The van der Waals surface area contributed by atoms with Gasteiger partial charge in [0.15, 0.2) is 0 Å². The number of carboxylic acid groups (broad SMARTS) is 1. The summed E-state index contributed by atoms with van der Waals surface area (Å²) in [4.78, 5) is 27.6. The molecule has 8 nitrogen and oxygen atoms in total. The maximum atomic E-state index is 12.6. The van der Waals surface area contributed by atoms with Crippen molar-refractivity contribution in [2.75, 3.05) is 13.2 Å². The van der Waals surface area contributed by atoms with E-state index in [0.717, 1.165) is 47.6 Å². The summed E-state index contributed by atoms with van der Waals surface area (Å²) in [7, 11) is 0. The molecule has 8 heteroatoms. The van der Waals surface area contributed by atoms with Crippen molar-refractivity contribution in [3.05, 3.63) is 75.7 Å². The lowest BCUT2D eigenvalue weighted by Gasteiger charge is -2.22. The third-order valence-electron chi connectivity index (χ3n) is 5.99. The molecule has 0 radical (unpaired) electrons. The number of hydrogen-bond donors (Lipinski definition) is 1. The molecule has 1 atom stereocenters. The average molecular weight is 448 g/mol. The van der Waals surface area contributed by atoms with Gasteiger partial charge in [-0.2, -0.15) is 4.98 Å². The van der Waals surface area contributed by atoms with Crippen molar-refractivity contribution in [1.82, 2.24) is 9.55 Å². The predicted octanol–water partition coefficient (Wildman–Crippen LogP) is 3.30. The number of fused-ring (bicyclic) bond motifs is 3. The van der Waals surface area contributed by atoms with Crippen LogP contribution in [0.1, 0.15) is 34.3 Å². The van der Waals surface area contributed by atoms with Gasteiger partial charge in [0.05, 0.1) is 17.4 Å². The number of aromatic carboxylic acids is 1. The number of carboxylic acids is 1. The summed E-state index contributed by atoms with van der Waals surface area (Å²) in [5.74, 6) is 0.0858. The number of rotatable bonds is 7. The molecule has 1 fully saturated rings. The summed E-state index contributed by atoms with van der Waals surface area (Å²) in [5, 5.41) is 9.01. The van der Waals surface area contributed by atoms with Gasteiger partial charge in [-0.3, -0.25) is 4.57 Å². The van der Waals surface area contributed by atoms with Crippen LogP contribution in [0.3, 0.4) is 0 Å². The highest BCUT2D eigenvalue weighted by molar-refractivity contribution is 5.87. The summed E-state index contributed by atoms with van der Waals surface area (Å²) in [6.07, 6.45) is 2.74. The molecule has 0 aliphatic carbocycles. The van der Waals surface area contributed by atoms with Crippen LogP contribution in [0.5, 0.6) is 11.6 Å². The molecule has 3 heterocycles. The SMILES string of the molecule is O=C(O)c1ccc(COc2ccc3c(c2)CCn2c-3cc(OCC3CCCO3)nc2=O)cc1. The molecule has 170 valence electrons. The van der Waals surface area contributed by atoms with Crippen molar-refractivity contribution in [2.45, 2.75) is 38.5 Å². The molecule has 1 aromatic heterocycles. The summed E-state index contributed by atoms with van der Waals surface area (Å²) in [6.45, 7) is 2.02. The van der Waals surface area contributed by atoms with E-state index in [4.69, 9.17) is 19.3 Å². The summed E-state index contributed by atoms with van der Waals surface area (Å²) < 4.78 is 19.0. The predicted molar refractivity (Wildman–Crippen MR) is 120 cm³/mol. The zero-order valence-electron chi connectivity index (χ0n) is 18.0. The molecule has 0 bridgehead atoms. The lowest BCUT2D eigenvalue weighted by molar-refractivity contribution is 0.0661. The number of nitrogens with zero attached hydrogens (tertiary/aromatic N) is 2. The Morgan fingerprint density at radius 1 is 1.15 bits per heavy atom. The van der Waals surface area contributed by atoms with E-state index in [9.17, 15) is 9.59 Å². The summed E-state index contributed by atoms with van der Waals surface area (Å²) in [6, 6.07) is 14.3. The first kappa shape index (κ1) is 21.2.